The topological polar surface area (TPSA) is 28.2 Å². The average Bonchev–Trinajstić information content (AvgIpc) is 2.54. The highest BCUT2D eigenvalue weighted by molar-refractivity contribution is 5.38. The summed E-state index contributed by atoms with van der Waals surface area (Å²) in [6, 6.07) is 7.60. The van der Waals surface area contributed by atoms with Crippen molar-refractivity contribution in [3.8, 4) is 0 Å². The van der Waals surface area contributed by atoms with Gasteiger partial charge in [0, 0.05) is 31.4 Å². The Kier molecular flexibility index (Phi) is 7.01. The lowest BCUT2D eigenvalue weighted by atomic mass is 9.99. The number of piperidine rings is 1. The molecule has 0 saturated carbocycles. The highest BCUT2D eigenvalue weighted by Crippen LogP contribution is 2.19. The fourth-order valence-electron chi connectivity index (χ4n) is 3.26. The second-order valence-electron chi connectivity index (χ2n) is 6.24. The van der Waals surface area contributed by atoms with Crippen LogP contribution >= 0.6 is 0 Å². The third kappa shape index (κ3) is 5.31. The number of nitrogens with zero attached hydrogens (tertiary/aromatic N) is 2. The van der Waals surface area contributed by atoms with Crippen LogP contribution in [0.3, 0.4) is 0 Å². The third-order valence-electron chi connectivity index (χ3n) is 4.48. The number of pyridine rings is 1. The summed E-state index contributed by atoms with van der Waals surface area (Å²) in [5.41, 5.74) is 0. The van der Waals surface area contributed by atoms with Crippen LogP contribution in [0, 0.1) is 0 Å². The molecule has 0 spiro atoms. The van der Waals surface area contributed by atoms with Crippen molar-refractivity contribution < 1.29 is 0 Å². The lowest BCUT2D eigenvalue weighted by Crippen LogP contribution is -2.46. The van der Waals surface area contributed by atoms with Crippen LogP contribution < -0.4 is 10.2 Å². The zero-order valence-corrected chi connectivity index (χ0v) is 13.7. The Morgan fingerprint density at radius 1 is 1.19 bits per heavy atom. The number of unbranched alkanes of at least 4 members (excludes halogenated alkanes) is 1. The minimum atomic E-state index is 0.693. The Labute approximate surface area is 130 Å². The highest BCUT2D eigenvalue weighted by Gasteiger charge is 2.21. The molecule has 1 fully saturated rings. The maximum atomic E-state index is 4.46. The minimum absolute atomic E-state index is 0.693. The van der Waals surface area contributed by atoms with Gasteiger partial charge in [-0.3, -0.25) is 0 Å². The molecule has 1 aromatic rings. The number of hydrogen-bond donors (Lipinski definition) is 1. The van der Waals surface area contributed by atoms with E-state index >= 15 is 0 Å². The molecule has 3 nitrogen and oxygen atoms in total. The van der Waals surface area contributed by atoms with E-state index in [9.17, 15) is 0 Å². The van der Waals surface area contributed by atoms with Crippen LogP contribution in [0.4, 0.5) is 5.82 Å². The van der Waals surface area contributed by atoms with Gasteiger partial charge in [0.2, 0.25) is 0 Å². The number of nitrogens with one attached hydrogen (secondary N) is 1. The van der Waals surface area contributed by atoms with Crippen LogP contribution in [-0.4, -0.2) is 30.2 Å². The van der Waals surface area contributed by atoms with Gasteiger partial charge >= 0.3 is 0 Å². The van der Waals surface area contributed by atoms with Gasteiger partial charge in [-0.05, 0) is 37.8 Å². The zero-order chi connectivity index (χ0) is 14.9. The molecule has 1 saturated heterocycles. The minimum Gasteiger partial charge on any atom is -0.357 e. The zero-order valence-electron chi connectivity index (χ0n) is 13.7. The first-order valence-electron chi connectivity index (χ1n) is 8.75. The molecular formula is C18H31N3. The van der Waals surface area contributed by atoms with Gasteiger partial charge in [0.1, 0.15) is 5.82 Å². The van der Waals surface area contributed by atoms with Crippen molar-refractivity contribution in [2.75, 3.05) is 18.0 Å². The number of hydrogen-bond acceptors (Lipinski definition) is 3. The first kappa shape index (κ1) is 16.3. The first-order chi connectivity index (χ1) is 10.3. The molecule has 1 aliphatic heterocycles. The Morgan fingerprint density at radius 2 is 2.00 bits per heavy atom. The van der Waals surface area contributed by atoms with E-state index < -0.39 is 0 Å². The molecule has 2 rings (SSSR count). The van der Waals surface area contributed by atoms with Crippen LogP contribution in [0.1, 0.15) is 58.8 Å². The van der Waals surface area contributed by atoms with Crippen molar-refractivity contribution in [3.63, 3.8) is 0 Å². The summed E-state index contributed by atoms with van der Waals surface area (Å²) in [6.07, 6.45) is 11.0. The molecule has 3 heteroatoms. The largest absolute Gasteiger partial charge is 0.357 e. The van der Waals surface area contributed by atoms with Gasteiger partial charge in [0.15, 0.2) is 0 Å². The Bertz CT molecular complexity index is 371. The maximum Gasteiger partial charge on any atom is 0.128 e. The van der Waals surface area contributed by atoms with E-state index in [0.29, 0.717) is 6.04 Å². The molecule has 1 aromatic heterocycles. The average molecular weight is 289 g/mol. The molecule has 21 heavy (non-hydrogen) atoms. The maximum absolute atomic E-state index is 4.46. The van der Waals surface area contributed by atoms with Gasteiger partial charge in [-0.2, -0.15) is 0 Å². The van der Waals surface area contributed by atoms with Crippen molar-refractivity contribution in [1.29, 1.82) is 0 Å². The van der Waals surface area contributed by atoms with E-state index in [4.69, 9.17) is 0 Å². The Balaban J connectivity index is 1.77. The fraction of sp³-hybridized carbons (Fsp3) is 0.722. The summed E-state index contributed by atoms with van der Waals surface area (Å²) in [6.45, 7) is 6.83. The van der Waals surface area contributed by atoms with Gasteiger partial charge < -0.3 is 10.2 Å². The predicted octanol–water partition coefficient (Wildman–Crippen LogP) is 4.00. The fourth-order valence-corrected chi connectivity index (χ4v) is 3.26. The number of rotatable bonds is 8. The van der Waals surface area contributed by atoms with Crippen molar-refractivity contribution in [1.82, 2.24) is 10.3 Å². The van der Waals surface area contributed by atoms with Gasteiger partial charge in [0.25, 0.3) is 0 Å². The van der Waals surface area contributed by atoms with E-state index in [1.165, 1.54) is 44.9 Å². The van der Waals surface area contributed by atoms with Crippen molar-refractivity contribution in [2.24, 2.45) is 0 Å². The van der Waals surface area contributed by atoms with Gasteiger partial charge in [-0.25, -0.2) is 4.98 Å². The van der Waals surface area contributed by atoms with Crippen LogP contribution in [0.5, 0.6) is 0 Å². The lowest BCUT2D eigenvalue weighted by molar-refractivity contribution is 0.336. The van der Waals surface area contributed by atoms with Crippen LogP contribution in [0.15, 0.2) is 24.4 Å². The molecule has 0 bridgehead atoms. The molecule has 1 aliphatic rings. The van der Waals surface area contributed by atoms with E-state index in [1.54, 1.807) is 0 Å². The van der Waals surface area contributed by atoms with Crippen LogP contribution in [-0.2, 0) is 0 Å². The summed E-state index contributed by atoms with van der Waals surface area (Å²) >= 11 is 0. The Morgan fingerprint density at radius 3 is 2.62 bits per heavy atom. The smallest absolute Gasteiger partial charge is 0.128 e. The summed E-state index contributed by atoms with van der Waals surface area (Å²) < 4.78 is 0. The quantitative estimate of drug-likeness (QED) is 0.784. The molecular weight excluding hydrogens is 258 g/mol. The van der Waals surface area contributed by atoms with E-state index in [1.807, 2.05) is 12.3 Å². The molecule has 0 amide bonds. The molecule has 1 N–H and O–H groups in total. The molecule has 2 heterocycles. The van der Waals surface area contributed by atoms with Crippen molar-refractivity contribution >= 4 is 5.82 Å². The third-order valence-corrected chi connectivity index (χ3v) is 4.48. The standard InChI is InChI=1S/C18H31N3/c1-3-5-9-16(8-4-2)20-17-11-14-21(15-12-17)18-10-6-7-13-19-18/h6-7,10,13,16-17,20H,3-5,8-9,11-12,14-15H2,1-2H3. The second kappa shape index (κ2) is 9.04. The van der Waals surface area contributed by atoms with Gasteiger partial charge in [-0.1, -0.05) is 39.2 Å². The summed E-state index contributed by atoms with van der Waals surface area (Å²) in [5.74, 6) is 1.13. The molecule has 1 unspecified atom stereocenters. The molecule has 0 aliphatic carbocycles. The van der Waals surface area contributed by atoms with Crippen molar-refractivity contribution in [2.45, 2.75) is 70.9 Å². The van der Waals surface area contributed by atoms with E-state index in [2.05, 4.69) is 41.2 Å². The first-order valence-corrected chi connectivity index (χ1v) is 8.75. The molecule has 0 aromatic carbocycles. The van der Waals surface area contributed by atoms with Gasteiger partial charge in [-0.15, -0.1) is 0 Å². The van der Waals surface area contributed by atoms with Gasteiger partial charge in [0.05, 0.1) is 0 Å². The molecule has 0 radical (unpaired) electrons. The molecule has 1 atom stereocenters. The summed E-state index contributed by atoms with van der Waals surface area (Å²) in [4.78, 5) is 6.88. The summed E-state index contributed by atoms with van der Waals surface area (Å²) in [5, 5.41) is 3.92. The second-order valence-corrected chi connectivity index (χ2v) is 6.24. The van der Waals surface area contributed by atoms with Crippen molar-refractivity contribution in [3.05, 3.63) is 24.4 Å². The Hall–Kier alpha value is -1.09. The highest BCUT2D eigenvalue weighted by atomic mass is 15.2. The van der Waals surface area contributed by atoms with E-state index in [-0.39, 0.29) is 0 Å². The number of aromatic nitrogens is 1. The van der Waals surface area contributed by atoms with Crippen LogP contribution in [0.2, 0.25) is 0 Å². The predicted molar refractivity (Wildman–Crippen MR) is 90.8 cm³/mol. The normalized spacial score (nSPS) is 17.9. The lowest BCUT2D eigenvalue weighted by Gasteiger charge is -2.35. The number of anilines is 1. The molecule has 118 valence electrons. The SMILES string of the molecule is CCCCC(CCC)NC1CCN(c2ccccn2)CC1. The monoisotopic (exact) mass is 289 g/mol. The summed E-state index contributed by atoms with van der Waals surface area (Å²) in [7, 11) is 0. The van der Waals surface area contributed by atoms with Crippen LogP contribution in [0.25, 0.3) is 0 Å². The van der Waals surface area contributed by atoms with E-state index in [0.717, 1.165) is 24.9 Å².